The average molecular weight is 264 g/mol. The number of rotatable bonds is 5. The van der Waals surface area contributed by atoms with Crippen LogP contribution >= 0.6 is 15.9 Å². The SMILES string of the molecule is CCN(CCCBr)C(=O)CC(C)(C)C. The normalized spacial score (nSPS) is 11.5. The smallest absolute Gasteiger partial charge is 0.223 e. The summed E-state index contributed by atoms with van der Waals surface area (Å²) in [5, 5.41) is 0.965. The fourth-order valence-electron chi connectivity index (χ4n) is 1.28. The summed E-state index contributed by atoms with van der Waals surface area (Å²) in [5.74, 6) is 0.279. The number of alkyl halides is 1. The monoisotopic (exact) mass is 263 g/mol. The zero-order valence-electron chi connectivity index (χ0n) is 9.77. The van der Waals surface area contributed by atoms with Crippen molar-refractivity contribution < 1.29 is 4.79 Å². The first-order valence-electron chi connectivity index (χ1n) is 5.24. The Morgan fingerprint density at radius 3 is 2.29 bits per heavy atom. The Balaban J connectivity index is 4.04. The Morgan fingerprint density at radius 1 is 1.36 bits per heavy atom. The van der Waals surface area contributed by atoms with Crippen LogP contribution in [-0.4, -0.2) is 29.2 Å². The van der Waals surface area contributed by atoms with Crippen LogP contribution in [0.2, 0.25) is 0 Å². The van der Waals surface area contributed by atoms with Crippen LogP contribution in [-0.2, 0) is 4.79 Å². The van der Waals surface area contributed by atoms with Crippen molar-refractivity contribution in [3.8, 4) is 0 Å². The van der Waals surface area contributed by atoms with E-state index in [9.17, 15) is 4.79 Å². The third-order valence-electron chi connectivity index (χ3n) is 1.98. The van der Waals surface area contributed by atoms with Gasteiger partial charge in [0, 0.05) is 24.8 Å². The highest BCUT2D eigenvalue weighted by atomic mass is 79.9. The van der Waals surface area contributed by atoms with Gasteiger partial charge in [0.15, 0.2) is 0 Å². The van der Waals surface area contributed by atoms with Crippen LogP contribution in [0.3, 0.4) is 0 Å². The van der Waals surface area contributed by atoms with Crippen LogP contribution in [0.1, 0.15) is 40.5 Å². The summed E-state index contributed by atoms with van der Waals surface area (Å²) in [6, 6.07) is 0. The maximum Gasteiger partial charge on any atom is 0.223 e. The molecule has 0 fully saturated rings. The van der Waals surface area contributed by atoms with Crippen molar-refractivity contribution in [2.24, 2.45) is 5.41 Å². The largest absolute Gasteiger partial charge is 0.343 e. The fraction of sp³-hybridized carbons (Fsp3) is 0.909. The van der Waals surface area contributed by atoms with Crippen molar-refractivity contribution in [3.63, 3.8) is 0 Å². The summed E-state index contributed by atoms with van der Waals surface area (Å²) in [5.41, 5.74) is 0.0961. The molecule has 0 aliphatic carbocycles. The molecule has 1 amide bonds. The van der Waals surface area contributed by atoms with E-state index < -0.39 is 0 Å². The van der Waals surface area contributed by atoms with Gasteiger partial charge in [-0.25, -0.2) is 0 Å². The molecule has 0 saturated carbocycles. The van der Waals surface area contributed by atoms with E-state index in [2.05, 4.69) is 36.7 Å². The molecule has 0 atom stereocenters. The number of amides is 1. The lowest BCUT2D eigenvalue weighted by Gasteiger charge is -2.25. The van der Waals surface area contributed by atoms with E-state index in [0.717, 1.165) is 24.8 Å². The van der Waals surface area contributed by atoms with Crippen LogP contribution < -0.4 is 0 Å². The zero-order valence-corrected chi connectivity index (χ0v) is 11.4. The second-order valence-electron chi connectivity index (χ2n) is 4.75. The summed E-state index contributed by atoms with van der Waals surface area (Å²) in [6.45, 7) is 10.0. The first kappa shape index (κ1) is 13.9. The van der Waals surface area contributed by atoms with Crippen LogP contribution in [0.5, 0.6) is 0 Å². The summed E-state index contributed by atoms with van der Waals surface area (Å²) < 4.78 is 0. The molecule has 3 heteroatoms. The molecular weight excluding hydrogens is 242 g/mol. The van der Waals surface area contributed by atoms with Crippen molar-refractivity contribution in [1.29, 1.82) is 0 Å². The number of carbonyl (C=O) groups excluding carboxylic acids is 1. The lowest BCUT2D eigenvalue weighted by atomic mass is 9.91. The standard InChI is InChI=1S/C11H22BrNO/c1-5-13(8-6-7-12)10(14)9-11(2,3)4/h5-9H2,1-4H3. The molecule has 2 nitrogen and oxygen atoms in total. The van der Waals surface area contributed by atoms with Crippen molar-refractivity contribution in [3.05, 3.63) is 0 Å². The van der Waals surface area contributed by atoms with Gasteiger partial charge in [0.25, 0.3) is 0 Å². The first-order chi connectivity index (χ1) is 6.40. The Bertz CT molecular complexity index is 175. The molecule has 84 valence electrons. The molecule has 0 aromatic heterocycles. The van der Waals surface area contributed by atoms with Crippen molar-refractivity contribution >= 4 is 21.8 Å². The maximum absolute atomic E-state index is 11.8. The molecule has 0 spiro atoms. The van der Waals surface area contributed by atoms with E-state index in [1.54, 1.807) is 0 Å². The van der Waals surface area contributed by atoms with Crippen LogP contribution in [0, 0.1) is 5.41 Å². The number of hydrogen-bond acceptors (Lipinski definition) is 1. The first-order valence-corrected chi connectivity index (χ1v) is 6.36. The van der Waals surface area contributed by atoms with E-state index in [4.69, 9.17) is 0 Å². The molecule has 0 aliphatic rings. The molecule has 0 heterocycles. The van der Waals surface area contributed by atoms with Gasteiger partial charge in [0.1, 0.15) is 0 Å². The molecule has 0 unspecified atom stereocenters. The lowest BCUT2D eigenvalue weighted by Crippen LogP contribution is -2.34. The number of carbonyl (C=O) groups is 1. The molecule has 0 N–H and O–H groups in total. The predicted octanol–water partition coefficient (Wildman–Crippen LogP) is 3.06. The van der Waals surface area contributed by atoms with Crippen molar-refractivity contribution in [2.75, 3.05) is 18.4 Å². The van der Waals surface area contributed by atoms with Gasteiger partial charge in [-0.1, -0.05) is 36.7 Å². The Morgan fingerprint density at radius 2 is 1.93 bits per heavy atom. The minimum Gasteiger partial charge on any atom is -0.343 e. The van der Waals surface area contributed by atoms with E-state index in [0.29, 0.717) is 6.42 Å². The van der Waals surface area contributed by atoms with Gasteiger partial charge in [-0.2, -0.15) is 0 Å². The highest BCUT2D eigenvalue weighted by Gasteiger charge is 2.19. The Labute approximate surface area is 96.2 Å². The van der Waals surface area contributed by atoms with E-state index in [1.165, 1.54) is 0 Å². The average Bonchev–Trinajstić information content (AvgIpc) is 2.02. The summed E-state index contributed by atoms with van der Waals surface area (Å²) in [7, 11) is 0. The van der Waals surface area contributed by atoms with E-state index in [-0.39, 0.29) is 11.3 Å². The van der Waals surface area contributed by atoms with Crippen molar-refractivity contribution in [2.45, 2.75) is 40.5 Å². The van der Waals surface area contributed by atoms with E-state index >= 15 is 0 Å². The Kier molecular flexibility index (Phi) is 6.41. The van der Waals surface area contributed by atoms with Gasteiger partial charge < -0.3 is 4.90 Å². The third-order valence-corrected chi connectivity index (χ3v) is 2.54. The lowest BCUT2D eigenvalue weighted by molar-refractivity contribution is -0.132. The third kappa shape index (κ3) is 6.41. The molecule has 0 bridgehead atoms. The van der Waals surface area contributed by atoms with Crippen LogP contribution in [0.25, 0.3) is 0 Å². The van der Waals surface area contributed by atoms with Gasteiger partial charge in [-0.05, 0) is 18.8 Å². The molecule has 0 rings (SSSR count). The second kappa shape index (κ2) is 6.44. The maximum atomic E-state index is 11.8. The second-order valence-corrected chi connectivity index (χ2v) is 5.55. The molecular formula is C11H22BrNO. The molecule has 0 saturated heterocycles. The fourth-order valence-corrected chi connectivity index (χ4v) is 1.53. The van der Waals surface area contributed by atoms with Crippen LogP contribution in [0.4, 0.5) is 0 Å². The van der Waals surface area contributed by atoms with Crippen molar-refractivity contribution in [1.82, 2.24) is 4.90 Å². The summed E-state index contributed by atoms with van der Waals surface area (Å²) >= 11 is 3.38. The summed E-state index contributed by atoms with van der Waals surface area (Å²) in [4.78, 5) is 13.7. The topological polar surface area (TPSA) is 20.3 Å². The number of halogens is 1. The highest BCUT2D eigenvalue weighted by molar-refractivity contribution is 9.09. The minimum absolute atomic E-state index is 0.0961. The number of nitrogens with zero attached hydrogens (tertiary/aromatic N) is 1. The van der Waals surface area contributed by atoms with Crippen LogP contribution in [0.15, 0.2) is 0 Å². The van der Waals surface area contributed by atoms with E-state index in [1.807, 2.05) is 11.8 Å². The van der Waals surface area contributed by atoms with Gasteiger partial charge >= 0.3 is 0 Å². The molecule has 14 heavy (non-hydrogen) atoms. The van der Waals surface area contributed by atoms with Gasteiger partial charge in [-0.3, -0.25) is 4.79 Å². The van der Waals surface area contributed by atoms with Gasteiger partial charge in [0.05, 0.1) is 0 Å². The van der Waals surface area contributed by atoms with Gasteiger partial charge in [0.2, 0.25) is 5.91 Å². The zero-order chi connectivity index (χ0) is 11.2. The molecule has 0 radical (unpaired) electrons. The molecule has 0 aromatic carbocycles. The highest BCUT2D eigenvalue weighted by Crippen LogP contribution is 2.19. The van der Waals surface area contributed by atoms with Gasteiger partial charge in [-0.15, -0.1) is 0 Å². The molecule has 0 aliphatic heterocycles. The minimum atomic E-state index is 0.0961. The quantitative estimate of drug-likeness (QED) is 0.699. The number of hydrogen-bond donors (Lipinski definition) is 0. The Hall–Kier alpha value is -0.0500. The molecule has 0 aromatic rings. The summed E-state index contributed by atoms with van der Waals surface area (Å²) in [6.07, 6.45) is 1.67. The predicted molar refractivity (Wildman–Crippen MR) is 64.7 cm³/mol.